The number of nitrogens with zero attached hydrogens (tertiary/aromatic N) is 1. The van der Waals surface area contributed by atoms with Crippen molar-refractivity contribution < 1.29 is 36.2 Å². The molecular formula is C14H9F6NO2. The van der Waals surface area contributed by atoms with Crippen molar-refractivity contribution in [2.45, 2.75) is 19.1 Å². The molecule has 0 saturated carbocycles. The second-order valence-corrected chi connectivity index (χ2v) is 4.45. The number of aromatic nitrogens is 1. The first-order valence-corrected chi connectivity index (χ1v) is 6.13. The zero-order valence-electron chi connectivity index (χ0n) is 11.2. The second-order valence-electron chi connectivity index (χ2n) is 4.45. The summed E-state index contributed by atoms with van der Waals surface area (Å²) >= 11 is 0. The number of hydrogen-bond acceptors (Lipinski definition) is 3. The van der Waals surface area contributed by atoms with E-state index in [1.807, 2.05) is 0 Å². The van der Waals surface area contributed by atoms with Gasteiger partial charge >= 0.3 is 12.5 Å². The molecule has 1 N–H and O–H groups in total. The normalized spacial score (nSPS) is 12.3. The molecule has 0 bridgehead atoms. The van der Waals surface area contributed by atoms with E-state index in [4.69, 9.17) is 0 Å². The van der Waals surface area contributed by atoms with Crippen LogP contribution in [-0.4, -0.2) is 16.5 Å². The third-order valence-corrected chi connectivity index (χ3v) is 2.85. The largest absolute Gasteiger partial charge is 0.573 e. The summed E-state index contributed by atoms with van der Waals surface area (Å²) in [5.74, 6) is -0.551. The van der Waals surface area contributed by atoms with Crippen LogP contribution >= 0.6 is 0 Å². The molecule has 23 heavy (non-hydrogen) atoms. The van der Waals surface area contributed by atoms with Crippen LogP contribution in [0.2, 0.25) is 0 Å². The van der Waals surface area contributed by atoms with Crippen molar-refractivity contribution in [3.05, 3.63) is 47.8 Å². The van der Waals surface area contributed by atoms with Gasteiger partial charge in [-0.25, -0.2) is 0 Å². The smallest absolute Gasteiger partial charge is 0.406 e. The summed E-state index contributed by atoms with van der Waals surface area (Å²) < 4.78 is 77.9. The molecular weight excluding hydrogens is 328 g/mol. The Morgan fingerprint density at radius 2 is 1.70 bits per heavy atom. The van der Waals surface area contributed by atoms with Gasteiger partial charge in [0.05, 0.1) is 6.61 Å². The lowest BCUT2D eigenvalue weighted by Gasteiger charge is -2.13. The number of pyridine rings is 1. The van der Waals surface area contributed by atoms with Crippen LogP contribution in [-0.2, 0) is 12.8 Å². The molecule has 0 radical (unpaired) electrons. The number of rotatable bonds is 3. The van der Waals surface area contributed by atoms with E-state index in [-0.39, 0.29) is 16.7 Å². The fraction of sp³-hybridized carbons (Fsp3) is 0.214. The van der Waals surface area contributed by atoms with Crippen LogP contribution in [0.25, 0.3) is 11.1 Å². The van der Waals surface area contributed by atoms with Gasteiger partial charge in [0.2, 0.25) is 0 Å². The summed E-state index contributed by atoms with van der Waals surface area (Å²) in [5.41, 5.74) is -0.694. The van der Waals surface area contributed by atoms with Crippen LogP contribution in [0, 0.1) is 0 Å². The molecule has 0 aliphatic carbocycles. The van der Waals surface area contributed by atoms with Crippen molar-refractivity contribution in [3.8, 4) is 16.9 Å². The predicted octanol–water partition coefficient (Wildman–Crippen LogP) is 4.16. The first-order chi connectivity index (χ1) is 10.6. The van der Waals surface area contributed by atoms with E-state index in [0.29, 0.717) is 6.07 Å². The molecule has 0 fully saturated rings. The molecule has 0 aliphatic rings. The van der Waals surface area contributed by atoms with E-state index < -0.39 is 30.6 Å². The third kappa shape index (κ3) is 4.35. The van der Waals surface area contributed by atoms with E-state index in [0.717, 1.165) is 24.4 Å². The van der Waals surface area contributed by atoms with Crippen LogP contribution in [0.3, 0.4) is 0 Å². The highest BCUT2D eigenvalue weighted by molar-refractivity contribution is 5.68. The summed E-state index contributed by atoms with van der Waals surface area (Å²) in [4.78, 5) is 3.24. The number of halogens is 6. The van der Waals surface area contributed by atoms with E-state index in [1.165, 1.54) is 6.07 Å². The van der Waals surface area contributed by atoms with Crippen molar-refractivity contribution >= 4 is 0 Å². The summed E-state index contributed by atoms with van der Waals surface area (Å²) in [7, 11) is 0. The molecule has 0 amide bonds. The number of aliphatic hydroxyl groups excluding tert-OH is 1. The van der Waals surface area contributed by atoms with E-state index >= 15 is 0 Å². The minimum Gasteiger partial charge on any atom is -0.406 e. The maximum absolute atomic E-state index is 12.5. The molecule has 1 heterocycles. The Bertz CT molecular complexity index is 679. The summed E-state index contributed by atoms with van der Waals surface area (Å²) in [6, 6.07) is 4.92. The Kier molecular flexibility index (Phi) is 4.51. The van der Waals surface area contributed by atoms with Crippen molar-refractivity contribution in [2.24, 2.45) is 0 Å². The van der Waals surface area contributed by atoms with E-state index in [2.05, 4.69) is 9.72 Å². The SMILES string of the molecule is OCc1ccc(OC(F)(F)F)cc1-c1ccc(C(F)(F)F)nc1. The molecule has 3 nitrogen and oxygen atoms in total. The van der Waals surface area contributed by atoms with Gasteiger partial charge < -0.3 is 9.84 Å². The van der Waals surface area contributed by atoms with Crippen molar-refractivity contribution in [1.29, 1.82) is 0 Å². The quantitative estimate of drug-likeness (QED) is 0.856. The first-order valence-electron chi connectivity index (χ1n) is 6.13. The van der Waals surface area contributed by atoms with Crippen LogP contribution in [0.5, 0.6) is 5.75 Å². The molecule has 1 aromatic heterocycles. The Balaban J connectivity index is 2.42. The van der Waals surface area contributed by atoms with Gasteiger partial charge in [0.15, 0.2) is 0 Å². The zero-order valence-corrected chi connectivity index (χ0v) is 11.2. The van der Waals surface area contributed by atoms with Crippen LogP contribution < -0.4 is 4.74 Å². The summed E-state index contributed by atoms with van der Waals surface area (Å²) in [6.45, 7) is -0.511. The number of alkyl halides is 6. The van der Waals surface area contributed by atoms with Gasteiger partial charge in [-0.3, -0.25) is 4.98 Å². The van der Waals surface area contributed by atoms with Gasteiger partial charge in [0.25, 0.3) is 0 Å². The molecule has 0 saturated heterocycles. The molecule has 0 spiro atoms. The number of aliphatic hydroxyl groups is 1. The van der Waals surface area contributed by atoms with Gasteiger partial charge in [-0.05, 0) is 29.3 Å². The lowest BCUT2D eigenvalue weighted by Crippen LogP contribution is -2.17. The van der Waals surface area contributed by atoms with Gasteiger partial charge in [0, 0.05) is 11.8 Å². The fourth-order valence-electron chi connectivity index (χ4n) is 1.88. The average molecular weight is 337 g/mol. The van der Waals surface area contributed by atoms with Gasteiger partial charge in [-0.2, -0.15) is 13.2 Å². The van der Waals surface area contributed by atoms with E-state index in [9.17, 15) is 31.4 Å². The fourth-order valence-corrected chi connectivity index (χ4v) is 1.88. The lowest BCUT2D eigenvalue weighted by molar-refractivity contribution is -0.274. The Labute approximate surface area is 126 Å². The average Bonchev–Trinajstić information content (AvgIpc) is 2.45. The number of hydrogen-bond donors (Lipinski definition) is 1. The maximum atomic E-state index is 12.5. The standard InChI is InChI=1S/C14H9F6NO2/c15-13(16,17)12-4-2-8(6-21-12)11-5-10(23-14(18,19)20)3-1-9(11)7-22/h1-6,22H,7H2. The molecule has 1 aromatic carbocycles. The molecule has 124 valence electrons. The lowest BCUT2D eigenvalue weighted by atomic mass is 10.0. The highest BCUT2D eigenvalue weighted by Gasteiger charge is 2.33. The first kappa shape index (κ1) is 17.1. The topological polar surface area (TPSA) is 42.4 Å². The van der Waals surface area contributed by atoms with Crippen molar-refractivity contribution in [1.82, 2.24) is 4.98 Å². The Morgan fingerprint density at radius 1 is 1.00 bits per heavy atom. The highest BCUT2D eigenvalue weighted by atomic mass is 19.4. The molecule has 9 heteroatoms. The monoisotopic (exact) mass is 337 g/mol. The zero-order chi connectivity index (χ0) is 17.3. The molecule has 0 atom stereocenters. The minimum absolute atomic E-state index is 0.0930. The van der Waals surface area contributed by atoms with E-state index in [1.54, 1.807) is 0 Å². The molecule has 2 aromatic rings. The number of ether oxygens (including phenoxy) is 1. The van der Waals surface area contributed by atoms with Crippen LogP contribution in [0.15, 0.2) is 36.5 Å². The Hall–Kier alpha value is -2.29. The predicted molar refractivity (Wildman–Crippen MR) is 67.3 cm³/mol. The molecule has 2 rings (SSSR count). The third-order valence-electron chi connectivity index (χ3n) is 2.85. The molecule has 0 unspecified atom stereocenters. The second kappa shape index (κ2) is 6.07. The highest BCUT2D eigenvalue weighted by Crippen LogP contribution is 2.33. The van der Waals surface area contributed by atoms with Gasteiger partial charge in [-0.1, -0.05) is 12.1 Å². The Morgan fingerprint density at radius 3 is 2.17 bits per heavy atom. The van der Waals surface area contributed by atoms with Crippen LogP contribution in [0.4, 0.5) is 26.3 Å². The van der Waals surface area contributed by atoms with Gasteiger partial charge in [0.1, 0.15) is 11.4 Å². The summed E-state index contributed by atoms with van der Waals surface area (Å²) in [6.07, 6.45) is -8.66. The van der Waals surface area contributed by atoms with Crippen LogP contribution in [0.1, 0.15) is 11.3 Å². The summed E-state index contributed by atoms with van der Waals surface area (Å²) in [5, 5.41) is 9.22. The number of benzene rings is 1. The maximum Gasteiger partial charge on any atom is 0.573 e. The molecule has 0 aliphatic heterocycles. The van der Waals surface area contributed by atoms with Crippen molar-refractivity contribution in [3.63, 3.8) is 0 Å². The minimum atomic E-state index is -4.91. The van der Waals surface area contributed by atoms with Crippen molar-refractivity contribution in [2.75, 3.05) is 0 Å². The van der Waals surface area contributed by atoms with Gasteiger partial charge in [-0.15, -0.1) is 13.2 Å².